The Hall–Kier alpha value is -4.24. The molecule has 0 bridgehead atoms. The molecule has 9 heteroatoms. The maximum absolute atomic E-state index is 16.3. The second kappa shape index (κ2) is 25.8. The van der Waals surface area contributed by atoms with Crippen LogP contribution < -0.4 is 5.32 Å². The maximum atomic E-state index is 16.3. The Morgan fingerprint density at radius 1 is 1.03 bits per heavy atom. The summed E-state index contributed by atoms with van der Waals surface area (Å²) in [6, 6.07) is 3.73. The predicted molar refractivity (Wildman–Crippen MR) is 259 cm³/mol. The molecule has 62 heavy (non-hydrogen) atoms. The third-order valence-corrected chi connectivity index (χ3v) is 12.0. The first-order chi connectivity index (χ1) is 29.6. The Balaban J connectivity index is 0.000000448. The van der Waals surface area contributed by atoms with E-state index in [0.717, 1.165) is 79.7 Å². The molecule has 1 N–H and O–H groups in total. The molecule has 344 valence electrons. The second-order valence-corrected chi connectivity index (χ2v) is 18.1. The average molecular weight is 856 g/mol. The molecule has 4 aliphatic rings. The van der Waals surface area contributed by atoms with Gasteiger partial charge in [0.2, 0.25) is 5.91 Å². The summed E-state index contributed by atoms with van der Waals surface area (Å²) in [6.45, 7) is 30.2. The number of rotatable bonds is 18. The number of ketones is 1. The Labute approximate surface area is 376 Å². The van der Waals surface area contributed by atoms with Gasteiger partial charge in [-0.25, -0.2) is 4.39 Å². The fourth-order valence-corrected chi connectivity index (χ4v) is 7.62. The van der Waals surface area contributed by atoms with Crippen molar-refractivity contribution < 1.29 is 18.7 Å². The number of Topliss-reactive ketones (excluding diaryl/α,β-unsaturated/α-hetero) is 1. The summed E-state index contributed by atoms with van der Waals surface area (Å²) in [5.74, 6) is 1.53. The van der Waals surface area contributed by atoms with Crippen molar-refractivity contribution >= 4 is 23.1 Å². The van der Waals surface area contributed by atoms with Crippen LogP contribution in [0.4, 0.5) is 4.39 Å². The SMILES string of the molecule is C=C(/C=C(\C=C/CCC)OC1CC1)CCC.C=C(C1CC[C@@H](C)N(C(=O)CN(C)C(C)C)C1)N1C=CNC(=NC)/C1=C(\c1c(F)cc(C(C)=O)cc1C1CC1)C(C)CC.CCC. The van der Waals surface area contributed by atoms with Gasteiger partial charge in [-0.3, -0.25) is 19.5 Å². The predicted octanol–water partition coefficient (Wildman–Crippen LogP) is 12.7. The summed E-state index contributed by atoms with van der Waals surface area (Å²) >= 11 is 0. The van der Waals surface area contributed by atoms with Crippen molar-refractivity contribution in [2.24, 2.45) is 16.8 Å². The highest BCUT2D eigenvalue weighted by Crippen LogP contribution is 2.47. The highest BCUT2D eigenvalue weighted by Gasteiger charge is 2.37. The summed E-state index contributed by atoms with van der Waals surface area (Å²) in [5, 5.41) is 3.30. The maximum Gasteiger partial charge on any atom is 0.237 e. The van der Waals surface area contributed by atoms with E-state index in [4.69, 9.17) is 4.74 Å². The molecule has 2 saturated carbocycles. The molecule has 0 aromatic heterocycles. The minimum atomic E-state index is -0.370. The summed E-state index contributed by atoms with van der Waals surface area (Å²) in [6.07, 6.45) is 23.3. The molecule has 5 rings (SSSR count). The van der Waals surface area contributed by atoms with E-state index in [2.05, 4.69) is 114 Å². The van der Waals surface area contributed by atoms with Gasteiger partial charge >= 0.3 is 0 Å². The molecule has 3 fully saturated rings. The molecule has 0 radical (unpaired) electrons. The number of hydrogen-bond donors (Lipinski definition) is 1. The summed E-state index contributed by atoms with van der Waals surface area (Å²) in [7, 11) is 3.72. The van der Waals surface area contributed by atoms with Gasteiger partial charge in [0.05, 0.1) is 18.3 Å². The molecular formula is C53H82FN5O3. The van der Waals surface area contributed by atoms with E-state index < -0.39 is 0 Å². The van der Waals surface area contributed by atoms with E-state index in [1.54, 1.807) is 7.05 Å². The van der Waals surface area contributed by atoms with Gasteiger partial charge in [0.1, 0.15) is 17.4 Å². The number of aliphatic imine (C=N–C) groups is 1. The van der Waals surface area contributed by atoms with E-state index >= 15 is 4.39 Å². The van der Waals surface area contributed by atoms with Crippen LogP contribution in [0.2, 0.25) is 0 Å². The highest BCUT2D eigenvalue weighted by atomic mass is 19.1. The van der Waals surface area contributed by atoms with E-state index in [1.165, 1.54) is 44.2 Å². The summed E-state index contributed by atoms with van der Waals surface area (Å²) in [5.41, 5.74) is 5.58. The van der Waals surface area contributed by atoms with Crippen LogP contribution >= 0.6 is 0 Å². The monoisotopic (exact) mass is 856 g/mol. The third kappa shape index (κ3) is 15.2. The van der Waals surface area contributed by atoms with Gasteiger partial charge in [0.25, 0.3) is 0 Å². The fourth-order valence-electron chi connectivity index (χ4n) is 7.62. The number of amides is 1. The number of carbonyl (C=O) groups is 2. The molecule has 0 spiro atoms. The summed E-state index contributed by atoms with van der Waals surface area (Å²) in [4.78, 5) is 36.4. The molecule has 8 nitrogen and oxygen atoms in total. The number of likely N-dealkylation sites (tertiary alicyclic amines) is 1. The number of likely N-dealkylation sites (N-methyl/N-ethyl adjacent to an activating group) is 1. The molecule has 2 heterocycles. The number of nitrogens with zero attached hydrogens (tertiary/aromatic N) is 4. The first kappa shape index (κ1) is 52.1. The first-order valence-corrected chi connectivity index (χ1v) is 23.8. The van der Waals surface area contributed by atoms with Gasteiger partial charge < -0.3 is 19.9 Å². The zero-order valence-corrected chi connectivity index (χ0v) is 40.7. The van der Waals surface area contributed by atoms with E-state index in [9.17, 15) is 9.59 Å². The van der Waals surface area contributed by atoms with E-state index in [-0.39, 0.29) is 47.3 Å². The Kier molecular flexibility index (Phi) is 21.7. The second-order valence-electron chi connectivity index (χ2n) is 18.1. The Bertz CT molecular complexity index is 1830. The molecule has 2 aliphatic carbocycles. The van der Waals surface area contributed by atoms with Gasteiger partial charge in [-0.15, -0.1) is 0 Å². The lowest BCUT2D eigenvalue weighted by Crippen LogP contribution is -2.50. The zero-order chi connectivity index (χ0) is 46.1. The number of hydrogen-bond acceptors (Lipinski definition) is 6. The molecule has 2 aliphatic heterocycles. The normalized spacial score (nSPS) is 21.0. The average Bonchev–Trinajstić information content (AvgIpc) is 4.18. The largest absolute Gasteiger partial charge is 0.490 e. The van der Waals surface area contributed by atoms with E-state index in [0.29, 0.717) is 36.2 Å². The number of benzene rings is 1. The van der Waals surface area contributed by atoms with E-state index in [1.807, 2.05) is 30.4 Å². The van der Waals surface area contributed by atoms with Crippen LogP contribution in [0.15, 0.2) is 83.6 Å². The van der Waals surface area contributed by atoms with Crippen LogP contribution in [0.1, 0.15) is 174 Å². The molecule has 1 amide bonds. The van der Waals surface area contributed by atoms with Crippen LogP contribution in [-0.4, -0.2) is 77.6 Å². The molecule has 2 unspecified atom stereocenters. The minimum Gasteiger partial charge on any atom is -0.490 e. The molecule has 1 aromatic rings. The van der Waals surface area contributed by atoms with Crippen LogP contribution in [0, 0.1) is 17.7 Å². The fraction of sp³-hybridized carbons (Fsp3) is 0.604. The molecule has 1 aromatic carbocycles. The number of piperidine rings is 1. The van der Waals surface area contributed by atoms with Crippen molar-refractivity contribution in [1.29, 1.82) is 0 Å². The van der Waals surface area contributed by atoms with Crippen LogP contribution in [0.25, 0.3) is 5.57 Å². The van der Waals surface area contributed by atoms with Gasteiger partial charge in [0, 0.05) is 60.8 Å². The van der Waals surface area contributed by atoms with Crippen molar-refractivity contribution in [3.8, 4) is 0 Å². The van der Waals surface area contributed by atoms with Crippen molar-refractivity contribution in [3.05, 3.63) is 101 Å². The molecule has 1 saturated heterocycles. The lowest BCUT2D eigenvalue weighted by molar-refractivity contribution is -0.136. The number of amidine groups is 1. The number of unbranched alkanes of at least 4 members (excludes halogenated alkanes) is 1. The quantitative estimate of drug-likeness (QED) is 0.0900. The van der Waals surface area contributed by atoms with Gasteiger partial charge in [0.15, 0.2) is 5.78 Å². The number of carbonyl (C=O) groups excluding carboxylic acids is 2. The van der Waals surface area contributed by atoms with Crippen molar-refractivity contribution in [2.45, 2.75) is 170 Å². The zero-order valence-electron chi connectivity index (χ0n) is 40.7. The number of ether oxygens (including phenoxy) is 1. The van der Waals surface area contributed by atoms with Gasteiger partial charge in [-0.1, -0.05) is 85.6 Å². The highest BCUT2D eigenvalue weighted by molar-refractivity contribution is 6.07. The Morgan fingerprint density at radius 2 is 1.71 bits per heavy atom. The number of nitrogens with one attached hydrogen (secondary N) is 1. The molecular weight excluding hydrogens is 774 g/mol. The Morgan fingerprint density at radius 3 is 2.26 bits per heavy atom. The molecule has 3 atom stereocenters. The smallest absolute Gasteiger partial charge is 0.237 e. The lowest BCUT2D eigenvalue weighted by atomic mass is 9.83. The van der Waals surface area contributed by atoms with Crippen LogP contribution in [0.5, 0.6) is 0 Å². The van der Waals surface area contributed by atoms with Crippen LogP contribution in [-0.2, 0) is 9.53 Å². The standard InChI is InChI=1S/C35H50FN5O2.C15H24O.C3H8/c1-10-22(4)32(33-29(26-13-14-26)17-28(25(7)42)18-30(33)36)34-35(37-8)38-15-16-40(34)24(6)27-12-11-23(5)41(19-27)31(43)20-39(9)21(2)3;1-4-6-7-9-15(16-14-10-11-14)12-13(3)8-5-2;1-3-2/h15-18,21-23,26-27H,6,10-14,19-20H2,1-5,7-9H3,(H,37,38);7,9,12,14H,3-6,8,10-11H2,1-2H3;3H2,1-2H3/b34-32+;9-7-,15-12+;/t22?,23-,27?;;/m1../s1. The topological polar surface area (TPSA) is 77.5 Å². The van der Waals surface area contributed by atoms with Crippen LogP contribution in [0.3, 0.4) is 0 Å². The van der Waals surface area contributed by atoms with Crippen molar-refractivity contribution in [1.82, 2.24) is 20.0 Å². The summed E-state index contributed by atoms with van der Waals surface area (Å²) < 4.78 is 22.1. The first-order valence-electron chi connectivity index (χ1n) is 23.8. The minimum absolute atomic E-state index is 0.00144. The van der Waals surface area contributed by atoms with Crippen molar-refractivity contribution in [3.63, 3.8) is 0 Å². The van der Waals surface area contributed by atoms with Crippen molar-refractivity contribution in [2.75, 3.05) is 27.2 Å². The number of halogens is 1. The lowest BCUT2D eigenvalue weighted by Gasteiger charge is -2.43. The number of allylic oxidation sites excluding steroid dienone is 5. The van der Waals surface area contributed by atoms with Gasteiger partial charge in [-0.05, 0) is 140 Å². The van der Waals surface area contributed by atoms with Gasteiger partial charge in [-0.2, -0.15) is 0 Å². The third-order valence-electron chi connectivity index (χ3n) is 12.0.